The molecule has 0 radical (unpaired) electrons. The molecule has 0 heterocycles. The summed E-state index contributed by atoms with van der Waals surface area (Å²) in [4.78, 5) is 13.3. The summed E-state index contributed by atoms with van der Waals surface area (Å²) in [7, 11) is 3.93. The summed E-state index contributed by atoms with van der Waals surface area (Å²) in [6.45, 7) is 5.86. The van der Waals surface area contributed by atoms with Crippen molar-refractivity contribution in [1.82, 2.24) is 10.2 Å². The highest BCUT2D eigenvalue weighted by molar-refractivity contribution is 5.78. The lowest BCUT2D eigenvalue weighted by atomic mass is 10.2. The zero-order chi connectivity index (χ0) is 9.72. The average molecular weight is 172 g/mol. The lowest BCUT2D eigenvalue weighted by molar-refractivity contribution is -0.125. The van der Waals surface area contributed by atoms with E-state index in [4.69, 9.17) is 0 Å². The molecule has 0 aliphatic carbocycles. The standard InChI is InChI=1S/C9H20N2O/c1-6-8(11(4)5)10-9(12)7(2)3/h7-8H,6H2,1-5H3,(H,10,12). The van der Waals surface area contributed by atoms with E-state index in [1.807, 2.05) is 32.8 Å². The zero-order valence-electron chi connectivity index (χ0n) is 8.72. The van der Waals surface area contributed by atoms with Crippen LogP contribution in [0.1, 0.15) is 27.2 Å². The molecule has 0 saturated heterocycles. The zero-order valence-corrected chi connectivity index (χ0v) is 8.72. The number of carbonyl (C=O) groups excluding carboxylic acids is 1. The Kier molecular flexibility index (Phi) is 4.90. The fraction of sp³-hybridized carbons (Fsp3) is 0.889. The van der Waals surface area contributed by atoms with Gasteiger partial charge < -0.3 is 5.32 Å². The topological polar surface area (TPSA) is 32.3 Å². The van der Waals surface area contributed by atoms with Crippen molar-refractivity contribution in [2.75, 3.05) is 14.1 Å². The van der Waals surface area contributed by atoms with Crippen LogP contribution in [0.2, 0.25) is 0 Å². The van der Waals surface area contributed by atoms with Gasteiger partial charge in [0.15, 0.2) is 0 Å². The fourth-order valence-electron chi connectivity index (χ4n) is 0.927. The first-order chi connectivity index (χ1) is 5.49. The van der Waals surface area contributed by atoms with E-state index in [0.717, 1.165) is 6.42 Å². The van der Waals surface area contributed by atoms with E-state index < -0.39 is 0 Å². The van der Waals surface area contributed by atoms with Gasteiger partial charge >= 0.3 is 0 Å². The van der Waals surface area contributed by atoms with Crippen LogP contribution in [0.5, 0.6) is 0 Å². The van der Waals surface area contributed by atoms with Gasteiger partial charge in [-0.15, -0.1) is 0 Å². The van der Waals surface area contributed by atoms with Crippen LogP contribution >= 0.6 is 0 Å². The van der Waals surface area contributed by atoms with Crippen molar-refractivity contribution in [1.29, 1.82) is 0 Å². The molecule has 1 amide bonds. The van der Waals surface area contributed by atoms with Gasteiger partial charge in [0.05, 0.1) is 6.17 Å². The molecule has 1 N–H and O–H groups in total. The second-order valence-electron chi connectivity index (χ2n) is 3.55. The molecular weight excluding hydrogens is 152 g/mol. The summed E-state index contributed by atoms with van der Waals surface area (Å²) in [6.07, 6.45) is 1.10. The molecule has 1 unspecified atom stereocenters. The summed E-state index contributed by atoms with van der Waals surface area (Å²) < 4.78 is 0. The van der Waals surface area contributed by atoms with Crippen molar-refractivity contribution in [2.24, 2.45) is 5.92 Å². The van der Waals surface area contributed by atoms with Crippen molar-refractivity contribution in [2.45, 2.75) is 33.4 Å². The van der Waals surface area contributed by atoms with Gasteiger partial charge in [0, 0.05) is 5.92 Å². The van der Waals surface area contributed by atoms with Crippen LogP contribution in [-0.4, -0.2) is 31.1 Å². The number of nitrogens with zero attached hydrogens (tertiary/aromatic N) is 1. The van der Waals surface area contributed by atoms with Crippen LogP contribution in [0.25, 0.3) is 0 Å². The predicted molar refractivity (Wildman–Crippen MR) is 50.7 cm³/mol. The van der Waals surface area contributed by atoms with Crippen LogP contribution in [0.3, 0.4) is 0 Å². The van der Waals surface area contributed by atoms with Crippen molar-refractivity contribution >= 4 is 5.91 Å². The SMILES string of the molecule is CCC(NC(=O)C(C)C)N(C)C. The van der Waals surface area contributed by atoms with E-state index in [0.29, 0.717) is 0 Å². The highest BCUT2D eigenvalue weighted by atomic mass is 16.2. The van der Waals surface area contributed by atoms with Gasteiger partial charge in [-0.25, -0.2) is 0 Å². The van der Waals surface area contributed by atoms with E-state index in [2.05, 4.69) is 12.2 Å². The van der Waals surface area contributed by atoms with Gasteiger partial charge in [-0.2, -0.15) is 0 Å². The minimum Gasteiger partial charge on any atom is -0.340 e. The van der Waals surface area contributed by atoms with Gasteiger partial charge in [-0.1, -0.05) is 20.8 Å². The Morgan fingerprint density at radius 3 is 2.17 bits per heavy atom. The normalized spacial score (nSPS) is 13.6. The summed E-state index contributed by atoms with van der Waals surface area (Å²) in [6, 6.07) is 0. The van der Waals surface area contributed by atoms with E-state index in [-0.39, 0.29) is 18.0 Å². The smallest absolute Gasteiger partial charge is 0.223 e. The maximum absolute atomic E-state index is 11.3. The number of nitrogens with one attached hydrogen (secondary N) is 1. The van der Waals surface area contributed by atoms with Crippen LogP contribution in [0.4, 0.5) is 0 Å². The minimum absolute atomic E-state index is 0.0685. The first-order valence-electron chi connectivity index (χ1n) is 4.45. The number of amides is 1. The van der Waals surface area contributed by atoms with Gasteiger partial charge in [-0.3, -0.25) is 9.69 Å². The van der Waals surface area contributed by atoms with Crippen molar-refractivity contribution in [3.8, 4) is 0 Å². The molecule has 0 spiro atoms. The van der Waals surface area contributed by atoms with Crippen LogP contribution in [0, 0.1) is 5.92 Å². The molecule has 3 heteroatoms. The molecule has 0 aliphatic rings. The van der Waals surface area contributed by atoms with Crippen LogP contribution < -0.4 is 5.32 Å². The van der Waals surface area contributed by atoms with E-state index in [9.17, 15) is 4.79 Å². The van der Waals surface area contributed by atoms with Gasteiger partial charge in [0.25, 0.3) is 0 Å². The molecular formula is C9H20N2O. The second-order valence-corrected chi connectivity index (χ2v) is 3.55. The molecule has 0 saturated carbocycles. The molecule has 1 atom stereocenters. The minimum atomic E-state index is 0.0685. The lowest BCUT2D eigenvalue weighted by Crippen LogP contribution is -2.45. The quantitative estimate of drug-likeness (QED) is 0.643. The molecule has 0 aliphatic heterocycles. The van der Waals surface area contributed by atoms with Crippen molar-refractivity contribution in [3.05, 3.63) is 0 Å². The summed E-state index contributed by atoms with van der Waals surface area (Å²) in [5.74, 6) is 0.189. The van der Waals surface area contributed by atoms with E-state index in [1.54, 1.807) is 0 Å². The third-order valence-electron chi connectivity index (χ3n) is 1.84. The summed E-state index contributed by atoms with van der Waals surface area (Å²) >= 11 is 0. The Morgan fingerprint density at radius 2 is 1.92 bits per heavy atom. The van der Waals surface area contributed by atoms with E-state index in [1.165, 1.54) is 0 Å². The van der Waals surface area contributed by atoms with Crippen LogP contribution in [0.15, 0.2) is 0 Å². The average Bonchev–Trinajstić information content (AvgIpc) is 1.98. The van der Waals surface area contributed by atoms with E-state index >= 15 is 0 Å². The summed E-state index contributed by atoms with van der Waals surface area (Å²) in [5, 5.41) is 2.95. The predicted octanol–water partition coefficient (Wildman–Crippen LogP) is 1.06. The number of hydrogen-bond acceptors (Lipinski definition) is 2. The molecule has 0 aromatic rings. The Balaban J connectivity index is 3.94. The summed E-state index contributed by atoms with van der Waals surface area (Å²) in [5.41, 5.74) is 0. The third kappa shape index (κ3) is 3.72. The second kappa shape index (κ2) is 5.14. The lowest BCUT2D eigenvalue weighted by Gasteiger charge is -2.24. The van der Waals surface area contributed by atoms with Gasteiger partial charge in [0.1, 0.15) is 0 Å². The maximum atomic E-state index is 11.3. The Morgan fingerprint density at radius 1 is 1.42 bits per heavy atom. The highest BCUT2D eigenvalue weighted by Crippen LogP contribution is 1.98. The van der Waals surface area contributed by atoms with Crippen molar-refractivity contribution in [3.63, 3.8) is 0 Å². The van der Waals surface area contributed by atoms with Gasteiger partial charge in [0.2, 0.25) is 5.91 Å². The first-order valence-corrected chi connectivity index (χ1v) is 4.45. The monoisotopic (exact) mass is 172 g/mol. The maximum Gasteiger partial charge on any atom is 0.223 e. The van der Waals surface area contributed by atoms with Crippen LogP contribution in [-0.2, 0) is 4.79 Å². The first kappa shape index (κ1) is 11.4. The molecule has 0 rings (SSSR count). The van der Waals surface area contributed by atoms with Gasteiger partial charge in [-0.05, 0) is 20.5 Å². The van der Waals surface area contributed by atoms with Crippen molar-refractivity contribution < 1.29 is 4.79 Å². The molecule has 0 bridgehead atoms. The Hall–Kier alpha value is -0.570. The molecule has 72 valence electrons. The molecule has 3 nitrogen and oxygen atoms in total. The number of rotatable bonds is 4. The Bertz CT molecular complexity index is 143. The largest absolute Gasteiger partial charge is 0.340 e. The number of carbonyl (C=O) groups is 1. The molecule has 12 heavy (non-hydrogen) atoms. The fourth-order valence-corrected chi connectivity index (χ4v) is 0.927. The highest BCUT2D eigenvalue weighted by Gasteiger charge is 2.13. The molecule has 0 aromatic heterocycles. The third-order valence-corrected chi connectivity index (χ3v) is 1.84. The molecule has 0 fully saturated rings. The number of hydrogen-bond donors (Lipinski definition) is 1. The Labute approximate surface area is 75.1 Å². The molecule has 0 aromatic carbocycles.